The van der Waals surface area contributed by atoms with Crippen LogP contribution in [-0.4, -0.2) is 29.3 Å². The standard InChI is InChI=1S/C10H16N2O2/c1-7(2)10(13)14-12-5-4-9(11)6-8(12)3/h8,11H,1,4-6H2,2-3H3. The fourth-order valence-corrected chi connectivity index (χ4v) is 1.35. The van der Waals surface area contributed by atoms with Gasteiger partial charge in [-0.05, 0) is 13.8 Å². The first-order valence-electron chi connectivity index (χ1n) is 4.71. The van der Waals surface area contributed by atoms with Crippen molar-refractivity contribution in [1.82, 2.24) is 5.06 Å². The Bertz CT molecular complexity index is 273. The molecule has 4 nitrogen and oxygen atoms in total. The number of hydrogen-bond donors (Lipinski definition) is 1. The summed E-state index contributed by atoms with van der Waals surface area (Å²) in [5.74, 6) is -0.384. The Balaban J connectivity index is 2.49. The molecule has 1 fully saturated rings. The number of rotatable bonds is 2. The summed E-state index contributed by atoms with van der Waals surface area (Å²) < 4.78 is 0. The molecule has 0 spiro atoms. The lowest BCUT2D eigenvalue weighted by Gasteiger charge is -2.31. The van der Waals surface area contributed by atoms with Crippen molar-refractivity contribution in [2.45, 2.75) is 32.7 Å². The topological polar surface area (TPSA) is 53.4 Å². The van der Waals surface area contributed by atoms with Crippen LogP contribution >= 0.6 is 0 Å². The maximum atomic E-state index is 11.2. The summed E-state index contributed by atoms with van der Waals surface area (Å²) in [7, 11) is 0. The van der Waals surface area contributed by atoms with E-state index in [2.05, 4.69) is 6.58 Å². The van der Waals surface area contributed by atoms with E-state index in [0.29, 0.717) is 25.0 Å². The molecule has 1 rings (SSSR count). The van der Waals surface area contributed by atoms with Gasteiger partial charge in [0.05, 0.1) is 0 Å². The Morgan fingerprint density at radius 1 is 1.71 bits per heavy atom. The van der Waals surface area contributed by atoms with Gasteiger partial charge in [0, 0.05) is 36.7 Å². The van der Waals surface area contributed by atoms with Crippen molar-refractivity contribution in [1.29, 1.82) is 5.41 Å². The predicted molar refractivity (Wildman–Crippen MR) is 54.0 cm³/mol. The highest BCUT2D eigenvalue weighted by Crippen LogP contribution is 2.15. The zero-order valence-corrected chi connectivity index (χ0v) is 8.67. The Hall–Kier alpha value is -1.16. The minimum absolute atomic E-state index is 0.0968. The van der Waals surface area contributed by atoms with Crippen molar-refractivity contribution in [2.75, 3.05) is 6.54 Å². The van der Waals surface area contributed by atoms with Crippen LogP contribution in [0.3, 0.4) is 0 Å². The highest BCUT2D eigenvalue weighted by atomic mass is 16.7. The van der Waals surface area contributed by atoms with Crippen molar-refractivity contribution in [3.8, 4) is 0 Å². The summed E-state index contributed by atoms with van der Waals surface area (Å²) in [4.78, 5) is 16.3. The molecule has 1 heterocycles. The summed E-state index contributed by atoms with van der Waals surface area (Å²) in [6.45, 7) is 7.70. The molecule has 0 aromatic rings. The molecule has 0 aliphatic carbocycles. The molecule has 14 heavy (non-hydrogen) atoms. The minimum atomic E-state index is -0.384. The molecule has 1 aliphatic heterocycles. The molecule has 78 valence electrons. The summed E-state index contributed by atoms with van der Waals surface area (Å²) in [6, 6.07) is 0.0968. The fraction of sp³-hybridized carbons (Fsp3) is 0.600. The molecule has 0 saturated carbocycles. The van der Waals surface area contributed by atoms with Gasteiger partial charge in [-0.3, -0.25) is 0 Å². The number of hydroxylamine groups is 2. The Morgan fingerprint density at radius 2 is 2.36 bits per heavy atom. The van der Waals surface area contributed by atoms with E-state index in [9.17, 15) is 4.79 Å². The molecule has 0 amide bonds. The van der Waals surface area contributed by atoms with Gasteiger partial charge in [0.1, 0.15) is 0 Å². The molecular formula is C10H16N2O2. The van der Waals surface area contributed by atoms with Gasteiger partial charge in [-0.2, -0.15) is 0 Å². The summed E-state index contributed by atoms with van der Waals surface area (Å²) >= 11 is 0. The smallest absolute Gasteiger partial charge is 0.352 e. The fourth-order valence-electron chi connectivity index (χ4n) is 1.35. The third-order valence-electron chi connectivity index (χ3n) is 2.22. The van der Waals surface area contributed by atoms with Gasteiger partial charge >= 0.3 is 5.97 Å². The summed E-state index contributed by atoms with van der Waals surface area (Å²) in [6.07, 6.45) is 1.34. The zero-order chi connectivity index (χ0) is 10.7. The van der Waals surface area contributed by atoms with Gasteiger partial charge in [-0.25, -0.2) is 4.79 Å². The van der Waals surface area contributed by atoms with Gasteiger partial charge in [0.15, 0.2) is 0 Å². The first-order valence-corrected chi connectivity index (χ1v) is 4.71. The predicted octanol–water partition coefficient (Wildman–Crippen LogP) is 1.52. The van der Waals surface area contributed by atoms with Crippen LogP contribution < -0.4 is 0 Å². The van der Waals surface area contributed by atoms with Crippen LogP contribution in [0.1, 0.15) is 26.7 Å². The van der Waals surface area contributed by atoms with Crippen LogP contribution in [0.15, 0.2) is 12.2 Å². The molecule has 4 heteroatoms. The van der Waals surface area contributed by atoms with Crippen molar-refractivity contribution in [3.63, 3.8) is 0 Å². The lowest BCUT2D eigenvalue weighted by molar-refractivity contribution is -0.196. The number of nitrogens with zero attached hydrogens (tertiary/aromatic N) is 1. The van der Waals surface area contributed by atoms with Crippen molar-refractivity contribution in [2.24, 2.45) is 0 Å². The van der Waals surface area contributed by atoms with Gasteiger partial charge in [0.25, 0.3) is 0 Å². The first kappa shape index (κ1) is 10.9. The quantitative estimate of drug-likeness (QED) is 0.681. The van der Waals surface area contributed by atoms with Crippen molar-refractivity contribution < 1.29 is 9.63 Å². The first-order chi connectivity index (χ1) is 6.50. The highest BCUT2D eigenvalue weighted by molar-refractivity contribution is 5.87. The van der Waals surface area contributed by atoms with E-state index in [4.69, 9.17) is 10.2 Å². The van der Waals surface area contributed by atoms with E-state index in [-0.39, 0.29) is 12.0 Å². The average molecular weight is 196 g/mol. The molecule has 0 radical (unpaired) electrons. The lowest BCUT2D eigenvalue weighted by Crippen LogP contribution is -2.42. The van der Waals surface area contributed by atoms with E-state index in [1.165, 1.54) is 0 Å². The van der Waals surface area contributed by atoms with Crippen LogP contribution in [-0.2, 0) is 9.63 Å². The number of carbonyl (C=O) groups excluding carboxylic acids is 1. The molecular weight excluding hydrogens is 180 g/mol. The third kappa shape index (κ3) is 2.67. The van der Waals surface area contributed by atoms with Gasteiger partial charge in [-0.15, -0.1) is 5.06 Å². The second-order valence-corrected chi connectivity index (χ2v) is 3.71. The SMILES string of the molecule is C=C(C)C(=O)ON1CCC(=N)CC1C. The number of piperidine rings is 1. The van der Waals surface area contributed by atoms with E-state index in [1.807, 2.05) is 6.92 Å². The van der Waals surface area contributed by atoms with Crippen molar-refractivity contribution >= 4 is 11.7 Å². The van der Waals surface area contributed by atoms with Crippen LogP contribution in [0.5, 0.6) is 0 Å². The number of hydrogen-bond acceptors (Lipinski definition) is 4. The second kappa shape index (κ2) is 4.37. The molecule has 1 unspecified atom stereocenters. The third-order valence-corrected chi connectivity index (χ3v) is 2.22. The van der Waals surface area contributed by atoms with Gasteiger partial charge in [-0.1, -0.05) is 6.58 Å². The summed E-state index contributed by atoms with van der Waals surface area (Å²) in [5, 5.41) is 9.13. The monoisotopic (exact) mass is 196 g/mol. The minimum Gasteiger partial charge on any atom is -0.364 e. The zero-order valence-electron chi connectivity index (χ0n) is 8.67. The Labute approximate surface area is 84.0 Å². The Morgan fingerprint density at radius 3 is 2.86 bits per heavy atom. The van der Waals surface area contributed by atoms with Crippen LogP contribution in [0.2, 0.25) is 0 Å². The van der Waals surface area contributed by atoms with Crippen LogP contribution in [0, 0.1) is 5.41 Å². The van der Waals surface area contributed by atoms with Gasteiger partial charge < -0.3 is 10.2 Å². The van der Waals surface area contributed by atoms with Crippen molar-refractivity contribution in [3.05, 3.63) is 12.2 Å². The van der Waals surface area contributed by atoms with E-state index < -0.39 is 0 Å². The van der Waals surface area contributed by atoms with E-state index >= 15 is 0 Å². The molecule has 1 N–H and O–H groups in total. The van der Waals surface area contributed by atoms with Gasteiger partial charge in [0.2, 0.25) is 0 Å². The number of carbonyl (C=O) groups is 1. The van der Waals surface area contributed by atoms with E-state index in [0.717, 1.165) is 5.71 Å². The normalized spacial score (nSPS) is 23.3. The molecule has 0 aromatic heterocycles. The molecule has 0 bridgehead atoms. The van der Waals surface area contributed by atoms with Crippen LogP contribution in [0.4, 0.5) is 0 Å². The molecule has 0 aromatic carbocycles. The van der Waals surface area contributed by atoms with E-state index in [1.54, 1.807) is 12.0 Å². The highest BCUT2D eigenvalue weighted by Gasteiger charge is 2.24. The van der Waals surface area contributed by atoms with Crippen LogP contribution in [0.25, 0.3) is 0 Å². The molecule has 1 atom stereocenters. The second-order valence-electron chi connectivity index (χ2n) is 3.71. The largest absolute Gasteiger partial charge is 0.364 e. The molecule has 1 saturated heterocycles. The molecule has 1 aliphatic rings. The average Bonchev–Trinajstić information content (AvgIpc) is 2.09. The maximum absolute atomic E-state index is 11.2. The number of nitrogens with one attached hydrogen (secondary N) is 1. The summed E-state index contributed by atoms with van der Waals surface area (Å²) in [5.41, 5.74) is 1.12. The lowest BCUT2D eigenvalue weighted by atomic mass is 10.0. The Kier molecular flexibility index (Phi) is 3.41. The maximum Gasteiger partial charge on any atom is 0.352 e.